The van der Waals surface area contributed by atoms with Gasteiger partial charge in [0.1, 0.15) is 0 Å². The van der Waals surface area contributed by atoms with Crippen molar-refractivity contribution in [3.63, 3.8) is 0 Å². The number of ketones is 2. The second-order valence-corrected chi connectivity index (χ2v) is 12.6. The molecule has 2 aliphatic rings. The number of carbonyl (C=O) groups is 2. The zero-order valence-corrected chi connectivity index (χ0v) is 17.9. The van der Waals surface area contributed by atoms with Crippen molar-refractivity contribution in [1.82, 2.24) is 0 Å². The Morgan fingerprint density at radius 3 is 1.71 bits per heavy atom. The highest BCUT2D eigenvalue weighted by molar-refractivity contribution is 7.69. The number of Topliss-reactive ketones (excluding diaryl/α,β-unsaturated/α-hetero) is 2. The Hall–Kier alpha value is -0.0600. The van der Waals surface area contributed by atoms with Crippen LogP contribution in [-0.4, -0.2) is 34.7 Å². The van der Waals surface area contributed by atoms with E-state index in [0.717, 1.165) is 36.1 Å². The number of carbonyl (C=O) groups excluding carboxylic acids is 2. The molecule has 0 bridgehead atoms. The highest BCUT2D eigenvalue weighted by Gasteiger charge is 2.42. The maximum Gasteiger partial charge on any atom is 0.161 e. The molecule has 1 unspecified atom stereocenters. The summed E-state index contributed by atoms with van der Waals surface area (Å²) in [7, 11) is -0.884. The van der Waals surface area contributed by atoms with E-state index in [2.05, 4.69) is 20.8 Å². The van der Waals surface area contributed by atoms with E-state index >= 15 is 0 Å². The zero-order valence-electron chi connectivity index (χ0n) is 16.1. The normalized spacial score (nSPS) is 32.0. The first-order valence-corrected chi connectivity index (χ1v) is 12.8. The molecule has 2 saturated heterocycles. The highest BCUT2D eigenvalue weighted by Crippen LogP contribution is 2.68. The van der Waals surface area contributed by atoms with E-state index in [1.165, 1.54) is 25.7 Å². The predicted molar refractivity (Wildman–Crippen MR) is 108 cm³/mol. The lowest BCUT2D eigenvalue weighted by atomic mass is 10.1. The van der Waals surface area contributed by atoms with Crippen molar-refractivity contribution in [2.24, 2.45) is 0 Å². The van der Waals surface area contributed by atoms with Crippen LogP contribution in [-0.2, 0) is 9.59 Å². The van der Waals surface area contributed by atoms with E-state index in [9.17, 15) is 9.59 Å². The summed E-state index contributed by atoms with van der Waals surface area (Å²) in [5.74, 6) is 0.403. The van der Waals surface area contributed by atoms with Gasteiger partial charge in [0.25, 0.3) is 0 Å². The van der Waals surface area contributed by atoms with Gasteiger partial charge in [-0.2, -0.15) is 0 Å². The van der Waals surface area contributed by atoms with Crippen LogP contribution in [0.2, 0.25) is 0 Å². The fourth-order valence-electron chi connectivity index (χ4n) is 4.66. The Kier molecular flexibility index (Phi) is 7.63. The van der Waals surface area contributed by atoms with Crippen LogP contribution < -0.4 is 0 Å². The Morgan fingerprint density at radius 2 is 1.29 bits per heavy atom. The molecule has 0 amide bonds. The molecule has 2 rings (SSSR count). The third-order valence-electron chi connectivity index (χ3n) is 5.85. The molecular formula is C20H34O2P2. The van der Waals surface area contributed by atoms with Gasteiger partial charge in [-0.25, -0.2) is 0 Å². The number of hydrogen-bond acceptors (Lipinski definition) is 2. The summed E-state index contributed by atoms with van der Waals surface area (Å²) in [5, 5.41) is 2.05. The van der Waals surface area contributed by atoms with Gasteiger partial charge in [0, 0.05) is 10.6 Å². The SMILES string of the molecule is CC[C@@H]1CCCP1/C(C(C)=O)=C(/C(C)=O)P1[C@H](CC)CC[C@H]1CC. The second-order valence-electron chi connectivity index (χ2n) is 7.32. The molecule has 0 N–H and O–H groups in total. The minimum atomic E-state index is -0.462. The van der Waals surface area contributed by atoms with Gasteiger partial charge in [0.15, 0.2) is 11.6 Å². The highest BCUT2D eigenvalue weighted by atomic mass is 31.1. The number of allylic oxidation sites excluding steroid dienone is 2. The van der Waals surface area contributed by atoms with Crippen molar-refractivity contribution in [3.05, 3.63) is 10.6 Å². The van der Waals surface area contributed by atoms with E-state index in [0.29, 0.717) is 17.0 Å². The smallest absolute Gasteiger partial charge is 0.161 e. The second kappa shape index (κ2) is 9.05. The molecule has 0 aliphatic carbocycles. The summed E-state index contributed by atoms with van der Waals surface area (Å²) in [6.45, 7) is 10.2. The topological polar surface area (TPSA) is 34.1 Å². The molecule has 2 heterocycles. The van der Waals surface area contributed by atoms with Crippen LogP contribution in [0.25, 0.3) is 0 Å². The molecule has 2 aliphatic heterocycles. The van der Waals surface area contributed by atoms with E-state index in [-0.39, 0.29) is 11.6 Å². The van der Waals surface area contributed by atoms with Crippen LogP contribution >= 0.6 is 15.8 Å². The molecule has 0 saturated carbocycles. The first kappa shape index (κ1) is 20.3. The Balaban J connectivity index is 2.56. The van der Waals surface area contributed by atoms with Gasteiger partial charge in [-0.05, 0) is 81.9 Å². The molecule has 4 atom stereocenters. The van der Waals surface area contributed by atoms with Crippen LogP contribution in [0, 0.1) is 0 Å². The Labute approximate surface area is 150 Å². The van der Waals surface area contributed by atoms with Crippen LogP contribution in [0.3, 0.4) is 0 Å². The van der Waals surface area contributed by atoms with Crippen molar-refractivity contribution >= 4 is 27.4 Å². The van der Waals surface area contributed by atoms with Crippen LogP contribution in [0.5, 0.6) is 0 Å². The van der Waals surface area contributed by atoms with Crippen LogP contribution in [0.4, 0.5) is 0 Å². The van der Waals surface area contributed by atoms with Crippen molar-refractivity contribution in [3.8, 4) is 0 Å². The maximum atomic E-state index is 12.8. The maximum absolute atomic E-state index is 12.8. The van der Waals surface area contributed by atoms with E-state index < -0.39 is 15.8 Å². The van der Waals surface area contributed by atoms with E-state index in [1.807, 2.05) is 0 Å². The van der Waals surface area contributed by atoms with Crippen molar-refractivity contribution in [1.29, 1.82) is 0 Å². The van der Waals surface area contributed by atoms with Gasteiger partial charge in [-0.3, -0.25) is 9.59 Å². The average molecular weight is 368 g/mol. The summed E-state index contributed by atoms with van der Waals surface area (Å²) in [4.78, 5) is 25.5. The first-order chi connectivity index (χ1) is 11.5. The minimum Gasteiger partial charge on any atom is -0.294 e. The average Bonchev–Trinajstić information content (AvgIpc) is 3.17. The summed E-state index contributed by atoms with van der Waals surface area (Å²) >= 11 is 0. The summed E-state index contributed by atoms with van der Waals surface area (Å²) in [6.07, 6.45) is 9.60. The molecule has 24 heavy (non-hydrogen) atoms. The zero-order chi connectivity index (χ0) is 17.9. The fourth-order valence-corrected chi connectivity index (χ4v) is 12.4. The van der Waals surface area contributed by atoms with Crippen LogP contribution in [0.1, 0.15) is 79.6 Å². The number of hydrogen-bond donors (Lipinski definition) is 0. The van der Waals surface area contributed by atoms with Gasteiger partial charge in [-0.1, -0.05) is 36.6 Å². The lowest BCUT2D eigenvalue weighted by molar-refractivity contribution is -0.115. The Morgan fingerprint density at radius 1 is 0.792 bits per heavy atom. The predicted octanol–water partition coefficient (Wildman–Crippen LogP) is 6.26. The monoisotopic (exact) mass is 368 g/mol. The molecule has 4 heteroatoms. The first-order valence-electron chi connectivity index (χ1n) is 9.77. The largest absolute Gasteiger partial charge is 0.294 e. The third kappa shape index (κ3) is 4.02. The van der Waals surface area contributed by atoms with Crippen molar-refractivity contribution in [2.45, 2.75) is 96.5 Å². The quantitative estimate of drug-likeness (QED) is 0.392. The molecule has 0 aromatic rings. The molecule has 0 spiro atoms. The van der Waals surface area contributed by atoms with Crippen LogP contribution in [0.15, 0.2) is 10.6 Å². The molecule has 0 aromatic heterocycles. The molecule has 0 aromatic carbocycles. The minimum absolute atomic E-state index is 0.200. The van der Waals surface area contributed by atoms with Gasteiger partial charge < -0.3 is 0 Å². The standard InChI is InChI=1S/C20H34O2P2/c1-6-16-10-9-13-23(16)19(14(4)21)20(15(5)22)24-17(7-2)11-12-18(24)8-3/h16-18H,6-13H2,1-5H3/b20-19-/t16-,17-,18-,23?/m1/s1. The van der Waals surface area contributed by atoms with Crippen molar-refractivity contribution < 1.29 is 9.59 Å². The van der Waals surface area contributed by atoms with Gasteiger partial charge in [0.2, 0.25) is 0 Å². The van der Waals surface area contributed by atoms with Gasteiger partial charge >= 0.3 is 0 Å². The summed E-state index contributed by atoms with van der Waals surface area (Å²) < 4.78 is 0. The molecular weight excluding hydrogens is 334 g/mol. The number of rotatable bonds is 7. The molecule has 2 nitrogen and oxygen atoms in total. The molecule has 0 radical (unpaired) electrons. The van der Waals surface area contributed by atoms with Gasteiger partial charge in [-0.15, -0.1) is 0 Å². The molecule has 136 valence electrons. The van der Waals surface area contributed by atoms with E-state index in [1.54, 1.807) is 13.8 Å². The Bertz CT molecular complexity index is 500. The summed E-state index contributed by atoms with van der Waals surface area (Å²) in [5.41, 5.74) is 1.96. The van der Waals surface area contributed by atoms with Gasteiger partial charge in [0.05, 0.1) is 0 Å². The van der Waals surface area contributed by atoms with Crippen molar-refractivity contribution in [2.75, 3.05) is 6.16 Å². The lowest BCUT2D eigenvalue weighted by Gasteiger charge is -2.31. The fraction of sp³-hybridized carbons (Fsp3) is 0.800. The lowest BCUT2D eigenvalue weighted by Crippen LogP contribution is -2.15. The molecule has 2 fully saturated rings. The third-order valence-corrected chi connectivity index (χ3v) is 13.3. The summed E-state index contributed by atoms with van der Waals surface area (Å²) in [6, 6.07) is 0. The van der Waals surface area contributed by atoms with E-state index in [4.69, 9.17) is 0 Å².